The van der Waals surface area contributed by atoms with E-state index in [0.29, 0.717) is 47.5 Å². The molecule has 8 nitrogen and oxygen atoms in total. The predicted octanol–water partition coefficient (Wildman–Crippen LogP) is 6.08. The quantitative estimate of drug-likeness (QED) is 0.112. The maximum absolute atomic E-state index is 12.9. The van der Waals surface area contributed by atoms with E-state index >= 15 is 0 Å². The Hall–Kier alpha value is -5.37. The minimum Gasteiger partial charge on any atom is -0.497 e. The van der Waals surface area contributed by atoms with Crippen molar-refractivity contribution in [3.8, 4) is 16.9 Å². The summed E-state index contributed by atoms with van der Waals surface area (Å²) in [5.74, 6) is -0.870. The molecule has 0 aliphatic heterocycles. The Morgan fingerprint density at radius 2 is 1.70 bits per heavy atom. The Bertz CT molecular complexity index is 1830. The fraction of sp³-hybridized carbons (Fsp3) is 0.171. The molecular weight excluding hydrogens is 540 g/mol. The lowest BCUT2D eigenvalue weighted by Crippen LogP contribution is -2.24. The van der Waals surface area contributed by atoms with Crippen LogP contribution in [0.1, 0.15) is 56.3 Å². The van der Waals surface area contributed by atoms with Crippen LogP contribution in [0.25, 0.3) is 22.0 Å². The first kappa shape index (κ1) is 29.1. The summed E-state index contributed by atoms with van der Waals surface area (Å²) in [6.07, 6.45) is 3.59. The van der Waals surface area contributed by atoms with Crippen LogP contribution in [0.3, 0.4) is 0 Å². The van der Waals surface area contributed by atoms with E-state index in [0.717, 1.165) is 34.0 Å². The lowest BCUT2D eigenvalue weighted by molar-refractivity contribution is 0.0697. The van der Waals surface area contributed by atoms with Gasteiger partial charge in [-0.25, -0.2) is 4.79 Å². The summed E-state index contributed by atoms with van der Waals surface area (Å²) in [7, 11) is 1.49. The maximum atomic E-state index is 12.9. The van der Waals surface area contributed by atoms with Crippen molar-refractivity contribution < 1.29 is 19.4 Å². The molecule has 218 valence electrons. The van der Waals surface area contributed by atoms with Gasteiger partial charge in [0.05, 0.1) is 12.7 Å². The highest BCUT2D eigenvalue weighted by atomic mass is 16.5. The van der Waals surface area contributed by atoms with Gasteiger partial charge < -0.3 is 25.5 Å². The molecule has 0 aliphatic rings. The number of amides is 1. The second kappa shape index (κ2) is 12.7. The third-order valence-electron chi connectivity index (χ3n) is 7.51. The molecule has 0 saturated carbocycles. The average molecular weight is 575 g/mol. The molecule has 8 heteroatoms. The van der Waals surface area contributed by atoms with Crippen LogP contribution in [-0.4, -0.2) is 41.0 Å². The van der Waals surface area contributed by atoms with Crippen LogP contribution in [0, 0.1) is 5.41 Å². The monoisotopic (exact) mass is 574 g/mol. The molecule has 0 spiro atoms. The van der Waals surface area contributed by atoms with E-state index in [9.17, 15) is 14.7 Å². The first-order chi connectivity index (χ1) is 20.8. The Morgan fingerprint density at radius 3 is 2.40 bits per heavy atom. The minimum absolute atomic E-state index is 0.000224. The highest BCUT2D eigenvalue weighted by Crippen LogP contribution is 2.33. The Kier molecular flexibility index (Phi) is 8.57. The molecule has 1 aromatic heterocycles. The van der Waals surface area contributed by atoms with Crippen LogP contribution in [0.15, 0.2) is 91.1 Å². The molecule has 0 bridgehead atoms. The zero-order valence-corrected chi connectivity index (χ0v) is 24.2. The molecule has 5 aromatic rings. The fourth-order valence-electron chi connectivity index (χ4n) is 5.32. The number of nitrogens with two attached hydrogens (primary N) is 1. The van der Waals surface area contributed by atoms with Crippen LogP contribution in [0.4, 0.5) is 0 Å². The van der Waals surface area contributed by atoms with Gasteiger partial charge in [-0.05, 0) is 89.2 Å². The summed E-state index contributed by atoms with van der Waals surface area (Å²) in [5.41, 5.74) is 12.2. The van der Waals surface area contributed by atoms with Crippen LogP contribution < -0.4 is 15.8 Å². The Balaban J connectivity index is 1.66. The van der Waals surface area contributed by atoms with E-state index in [1.165, 1.54) is 13.2 Å². The summed E-state index contributed by atoms with van der Waals surface area (Å²) in [6, 6.07) is 26.3. The number of nitrogen functional groups attached to an aromatic ring is 1. The number of fused-ring (bicyclic) bond motifs is 1. The van der Waals surface area contributed by atoms with E-state index in [1.807, 2.05) is 49.4 Å². The molecule has 4 aromatic carbocycles. The van der Waals surface area contributed by atoms with Crippen molar-refractivity contribution in [2.45, 2.75) is 26.3 Å². The van der Waals surface area contributed by atoms with Gasteiger partial charge in [0.1, 0.15) is 11.6 Å². The molecule has 0 unspecified atom stereocenters. The van der Waals surface area contributed by atoms with Crippen molar-refractivity contribution in [2.75, 3.05) is 13.7 Å². The second-order valence-electron chi connectivity index (χ2n) is 10.4. The maximum Gasteiger partial charge on any atom is 0.336 e. The number of carbonyl (C=O) groups is 2. The van der Waals surface area contributed by atoms with E-state index in [4.69, 9.17) is 15.9 Å². The fourth-order valence-corrected chi connectivity index (χ4v) is 5.32. The number of nitrogens with zero attached hydrogens (tertiary/aromatic N) is 1. The largest absolute Gasteiger partial charge is 0.497 e. The molecule has 1 amide bonds. The van der Waals surface area contributed by atoms with Crippen LogP contribution in [0.2, 0.25) is 0 Å². The molecule has 0 saturated heterocycles. The molecule has 0 aliphatic carbocycles. The number of benzene rings is 4. The number of carboxylic acid groups (broad SMARTS) is 1. The van der Waals surface area contributed by atoms with Crippen molar-refractivity contribution in [2.24, 2.45) is 5.73 Å². The minimum atomic E-state index is -1.09. The zero-order valence-electron chi connectivity index (χ0n) is 24.2. The average Bonchev–Trinajstić information content (AvgIpc) is 3.35. The molecule has 0 radical (unpaired) electrons. The van der Waals surface area contributed by atoms with Gasteiger partial charge in [0, 0.05) is 41.3 Å². The van der Waals surface area contributed by atoms with Gasteiger partial charge in [-0.1, -0.05) is 43.3 Å². The second-order valence-corrected chi connectivity index (χ2v) is 10.4. The summed E-state index contributed by atoms with van der Waals surface area (Å²) in [6.45, 7) is 2.95. The number of hydrogen-bond acceptors (Lipinski definition) is 4. The molecule has 0 fully saturated rings. The normalized spacial score (nSPS) is 10.9. The predicted molar refractivity (Wildman–Crippen MR) is 169 cm³/mol. The van der Waals surface area contributed by atoms with Gasteiger partial charge in [0.15, 0.2) is 0 Å². The summed E-state index contributed by atoms with van der Waals surface area (Å²) in [5, 5.41) is 22.0. The number of carboxylic acids is 1. The number of rotatable bonds is 11. The Morgan fingerprint density at radius 1 is 0.930 bits per heavy atom. The van der Waals surface area contributed by atoms with Crippen molar-refractivity contribution in [1.29, 1.82) is 5.41 Å². The lowest BCUT2D eigenvalue weighted by atomic mass is 9.93. The molecular formula is C35H34N4O4. The number of amidine groups is 1. The number of aromatic carboxylic acids is 1. The van der Waals surface area contributed by atoms with Crippen molar-refractivity contribution >= 4 is 28.6 Å². The summed E-state index contributed by atoms with van der Waals surface area (Å²) < 4.78 is 7.42. The van der Waals surface area contributed by atoms with Gasteiger partial charge in [-0.2, -0.15) is 0 Å². The summed E-state index contributed by atoms with van der Waals surface area (Å²) in [4.78, 5) is 25.3. The van der Waals surface area contributed by atoms with E-state index in [-0.39, 0.29) is 17.3 Å². The topological polar surface area (TPSA) is 130 Å². The van der Waals surface area contributed by atoms with Gasteiger partial charge in [-0.15, -0.1) is 0 Å². The highest BCUT2D eigenvalue weighted by molar-refractivity contribution is 6.01. The van der Waals surface area contributed by atoms with Crippen LogP contribution in [-0.2, 0) is 13.0 Å². The van der Waals surface area contributed by atoms with E-state index in [2.05, 4.69) is 28.2 Å². The van der Waals surface area contributed by atoms with Crippen molar-refractivity contribution in [3.63, 3.8) is 0 Å². The van der Waals surface area contributed by atoms with Gasteiger partial charge in [0.25, 0.3) is 5.91 Å². The van der Waals surface area contributed by atoms with Gasteiger partial charge in [0.2, 0.25) is 0 Å². The van der Waals surface area contributed by atoms with Gasteiger partial charge >= 0.3 is 5.97 Å². The summed E-state index contributed by atoms with van der Waals surface area (Å²) >= 11 is 0. The number of ether oxygens (including phenoxy) is 1. The molecule has 43 heavy (non-hydrogen) atoms. The molecule has 5 N–H and O–H groups in total. The van der Waals surface area contributed by atoms with E-state index < -0.39 is 5.97 Å². The number of carbonyl (C=O) groups excluding carboxylic acids is 1. The molecule has 0 atom stereocenters. The highest BCUT2D eigenvalue weighted by Gasteiger charge is 2.20. The van der Waals surface area contributed by atoms with Crippen LogP contribution in [0.5, 0.6) is 5.75 Å². The van der Waals surface area contributed by atoms with Crippen LogP contribution >= 0.6 is 0 Å². The molecule has 1 heterocycles. The van der Waals surface area contributed by atoms with Crippen molar-refractivity contribution in [3.05, 3.63) is 125 Å². The zero-order chi connectivity index (χ0) is 30.5. The number of methoxy groups -OCH3 is 1. The van der Waals surface area contributed by atoms with E-state index in [1.54, 1.807) is 24.3 Å². The Labute approximate surface area is 250 Å². The first-order valence-electron chi connectivity index (χ1n) is 14.1. The van der Waals surface area contributed by atoms with Gasteiger partial charge in [-0.3, -0.25) is 10.2 Å². The molecule has 5 rings (SSSR count). The first-order valence-corrected chi connectivity index (χ1v) is 14.1. The van der Waals surface area contributed by atoms with Crippen molar-refractivity contribution in [1.82, 2.24) is 9.88 Å². The number of nitrogens with one attached hydrogen (secondary N) is 2. The number of aromatic nitrogens is 1. The third kappa shape index (κ3) is 6.28. The number of hydrogen-bond donors (Lipinski definition) is 4. The smallest absolute Gasteiger partial charge is 0.336 e. The third-order valence-corrected chi connectivity index (χ3v) is 7.51. The standard InChI is InChI=1S/C35H34N4O4/c1-3-15-38-34(40)24-9-10-25(29(18-24)28-13-12-27(43-2)19-31(28)35(41)42)20-39-21-26(16-22-7-5-4-6-8-22)30-17-23(33(36)37)11-14-32(30)39/h4-14,17-19,21H,3,15-16,20H2,1-2H3,(H3,36,37)(H,38,40)(H,41,42). The SMILES string of the molecule is CCCNC(=O)c1ccc(Cn2cc(Cc3ccccc3)c3cc(C(=N)N)ccc32)c(-c2ccc(OC)cc2C(=O)O)c1. The lowest BCUT2D eigenvalue weighted by Gasteiger charge is -2.16.